The third-order valence-electron chi connectivity index (χ3n) is 2.64. The molecule has 0 aliphatic rings. The van der Waals surface area contributed by atoms with E-state index in [-0.39, 0.29) is 6.61 Å². The number of carboxylic acid groups (broad SMARTS) is 1. The maximum atomic E-state index is 11.1. The third kappa shape index (κ3) is 4.04. The number of aryl methyl sites for hydroxylation is 1. The number of hydrogen-bond acceptors (Lipinski definition) is 5. The molecule has 5 nitrogen and oxygen atoms in total. The summed E-state index contributed by atoms with van der Waals surface area (Å²) in [5.74, 6) is -0.896. The molecule has 0 amide bonds. The number of aromatic carboxylic acids is 1. The van der Waals surface area contributed by atoms with Crippen LogP contribution >= 0.6 is 11.3 Å². The van der Waals surface area contributed by atoms with Crippen molar-refractivity contribution in [2.24, 2.45) is 0 Å². The van der Waals surface area contributed by atoms with Gasteiger partial charge in [0.25, 0.3) is 0 Å². The van der Waals surface area contributed by atoms with Gasteiger partial charge in [0.15, 0.2) is 0 Å². The zero-order valence-corrected chi connectivity index (χ0v) is 11.7. The first-order valence-electron chi connectivity index (χ1n) is 6.17. The Morgan fingerprint density at radius 1 is 1.44 bits per heavy atom. The average molecular weight is 272 g/mol. The van der Waals surface area contributed by atoms with Gasteiger partial charge in [0.05, 0.1) is 18.8 Å². The van der Waals surface area contributed by atoms with Gasteiger partial charge in [0.2, 0.25) is 0 Å². The third-order valence-corrected chi connectivity index (χ3v) is 3.72. The summed E-state index contributed by atoms with van der Waals surface area (Å²) in [5, 5.41) is 18.9. The fourth-order valence-electron chi connectivity index (χ4n) is 1.72. The lowest BCUT2D eigenvalue weighted by atomic mass is 10.2. The minimum atomic E-state index is -0.896. The summed E-state index contributed by atoms with van der Waals surface area (Å²) in [6.45, 7) is 6.12. The molecule has 0 aliphatic heterocycles. The molecule has 1 aromatic heterocycles. The van der Waals surface area contributed by atoms with E-state index in [0.717, 1.165) is 18.0 Å². The van der Waals surface area contributed by atoms with E-state index in [2.05, 4.69) is 4.98 Å². The Balaban J connectivity index is 2.83. The zero-order valence-electron chi connectivity index (χ0n) is 10.8. The number of likely N-dealkylation sites (N-methyl/N-ethyl adjacent to an activating group) is 1. The van der Waals surface area contributed by atoms with Crippen LogP contribution in [-0.4, -0.2) is 45.8 Å². The van der Waals surface area contributed by atoms with Gasteiger partial charge < -0.3 is 10.2 Å². The van der Waals surface area contributed by atoms with Crippen LogP contribution in [0.15, 0.2) is 0 Å². The van der Waals surface area contributed by atoms with Gasteiger partial charge in [-0.1, -0.05) is 20.3 Å². The molecule has 0 bridgehead atoms. The number of thiazole rings is 1. The minimum absolute atomic E-state index is 0.104. The van der Waals surface area contributed by atoms with Crippen LogP contribution in [0.5, 0.6) is 0 Å². The molecule has 102 valence electrons. The lowest BCUT2D eigenvalue weighted by Crippen LogP contribution is -2.26. The number of aromatic nitrogens is 1. The second-order valence-electron chi connectivity index (χ2n) is 4.03. The molecule has 0 unspecified atom stereocenters. The Kier molecular flexibility index (Phi) is 6.24. The van der Waals surface area contributed by atoms with Crippen molar-refractivity contribution in [3.8, 4) is 0 Å². The van der Waals surface area contributed by atoms with Crippen molar-refractivity contribution < 1.29 is 15.0 Å². The van der Waals surface area contributed by atoms with Crippen LogP contribution in [0.25, 0.3) is 0 Å². The van der Waals surface area contributed by atoms with Crippen molar-refractivity contribution >= 4 is 17.3 Å². The van der Waals surface area contributed by atoms with Crippen molar-refractivity contribution in [2.45, 2.75) is 33.2 Å². The Morgan fingerprint density at radius 3 is 2.67 bits per heavy atom. The summed E-state index contributed by atoms with van der Waals surface area (Å²) in [4.78, 5) is 17.9. The first kappa shape index (κ1) is 15.1. The Morgan fingerprint density at radius 2 is 2.17 bits per heavy atom. The lowest BCUT2D eigenvalue weighted by Gasteiger charge is -2.16. The van der Waals surface area contributed by atoms with Crippen molar-refractivity contribution in [2.75, 3.05) is 19.7 Å². The molecule has 1 rings (SSSR count). The van der Waals surface area contributed by atoms with Gasteiger partial charge in [-0.25, -0.2) is 9.78 Å². The molecule has 0 fully saturated rings. The van der Waals surface area contributed by atoms with E-state index < -0.39 is 5.97 Å². The topological polar surface area (TPSA) is 73.7 Å². The maximum Gasteiger partial charge on any atom is 0.347 e. The molecule has 1 aromatic rings. The SMILES string of the molecule is CCCc1nc(CN(CC)CCO)sc1C(=O)O. The number of aliphatic hydroxyl groups excluding tert-OH is 1. The van der Waals surface area contributed by atoms with Crippen molar-refractivity contribution in [1.82, 2.24) is 9.88 Å². The number of nitrogens with zero attached hydrogens (tertiary/aromatic N) is 2. The van der Waals surface area contributed by atoms with Crippen LogP contribution in [-0.2, 0) is 13.0 Å². The van der Waals surface area contributed by atoms with E-state index in [4.69, 9.17) is 10.2 Å². The molecular formula is C12H20N2O3S. The molecule has 0 atom stereocenters. The van der Waals surface area contributed by atoms with Gasteiger partial charge in [-0.05, 0) is 13.0 Å². The van der Waals surface area contributed by atoms with Gasteiger partial charge in [0.1, 0.15) is 9.88 Å². The predicted molar refractivity (Wildman–Crippen MR) is 71.1 cm³/mol. The largest absolute Gasteiger partial charge is 0.477 e. The van der Waals surface area contributed by atoms with Gasteiger partial charge in [-0.2, -0.15) is 0 Å². The highest BCUT2D eigenvalue weighted by atomic mass is 32.1. The Bertz CT molecular complexity index is 393. The number of aliphatic hydroxyl groups is 1. The maximum absolute atomic E-state index is 11.1. The molecule has 1 heterocycles. The van der Waals surface area contributed by atoms with Gasteiger partial charge in [-0.15, -0.1) is 11.3 Å². The van der Waals surface area contributed by atoms with Crippen LogP contribution in [0.2, 0.25) is 0 Å². The van der Waals surface area contributed by atoms with E-state index in [1.54, 1.807) is 0 Å². The van der Waals surface area contributed by atoms with Crippen LogP contribution in [0.1, 0.15) is 40.6 Å². The predicted octanol–water partition coefficient (Wildman–Crippen LogP) is 1.61. The monoisotopic (exact) mass is 272 g/mol. The minimum Gasteiger partial charge on any atom is -0.477 e. The summed E-state index contributed by atoms with van der Waals surface area (Å²) in [7, 11) is 0. The highest BCUT2D eigenvalue weighted by molar-refractivity contribution is 7.13. The molecule has 18 heavy (non-hydrogen) atoms. The molecule has 0 spiro atoms. The summed E-state index contributed by atoms with van der Waals surface area (Å²) < 4.78 is 0. The zero-order chi connectivity index (χ0) is 13.5. The van der Waals surface area contributed by atoms with Crippen LogP contribution in [0, 0.1) is 0 Å². The Hall–Kier alpha value is -0.980. The first-order valence-corrected chi connectivity index (χ1v) is 6.99. The number of rotatable bonds is 8. The quantitative estimate of drug-likeness (QED) is 0.752. The number of hydrogen-bond donors (Lipinski definition) is 2. The van der Waals surface area contributed by atoms with E-state index in [1.807, 2.05) is 18.7 Å². The van der Waals surface area contributed by atoms with E-state index >= 15 is 0 Å². The van der Waals surface area contributed by atoms with Crippen molar-refractivity contribution in [3.63, 3.8) is 0 Å². The number of carboxylic acids is 1. The standard InChI is InChI=1S/C12H20N2O3S/c1-3-5-9-11(12(16)17)18-10(13-9)8-14(4-2)6-7-15/h15H,3-8H2,1-2H3,(H,16,17). The smallest absolute Gasteiger partial charge is 0.347 e. The molecule has 0 aliphatic carbocycles. The van der Waals surface area contributed by atoms with E-state index in [1.165, 1.54) is 11.3 Å². The van der Waals surface area contributed by atoms with E-state index in [0.29, 0.717) is 30.1 Å². The van der Waals surface area contributed by atoms with Crippen molar-refractivity contribution in [1.29, 1.82) is 0 Å². The molecule has 0 aromatic carbocycles. The van der Waals surface area contributed by atoms with Crippen LogP contribution in [0.4, 0.5) is 0 Å². The average Bonchev–Trinajstić information content (AvgIpc) is 2.72. The fourth-order valence-corrected chi connectivity index (χ4v) is 2.71. The van der Waals surface area contributed by atoms with Gasteiger partial charge >= 0.3 is 5.97 Å². The lowest BCUT2D eigenvalue weighted by molar-refractivity contribution is 0.0700. The number of carbonyl (C=O) groups is 1. The summed E-state index contributed by atoms with van der Waals surface area (Å²) in [6.07, 6.45) is 1.59. The molecular weight excluding hydrogens is 252 g/mol. The summed E-state index contributed by atoms with van der Waals surface area (Å²) >= 11 is 1.24. The van der Waals surface area contributed by atoms with Crippen LogP contribution < -0.4 is 0 Å². The summed E-state index contributed by atoms with van der Waals surface area (Å²) in [5.41, 5.74) is 0.685. The molecule has 0 radical (unpaired) electrons. The molecule has 0 saturated carbocycles. The highest BCUT2D eigenvalue weighted by Crippen LogP contribution is 2.21. The highest BCUT2D eigenvalue weighted by Gasteiger charge is 2.17. The van der Waals surface area contributed by atoms with Gasteiger partial charge in [-0.3, -0.25) is 4.90 Å². The van der Waals surface area contributed by atoms with Crippen molar-refractivity contribution in [3.05, 3.63) is 15.6 Å². The first-order chi connectivity index (χ1) is 8.62. The second kappa shape index (κ2) is 7.45. The van der Waals surface area contributed by atoms with E-state index in [9.17, 15) is 4.79 Å². The van der Waals surface area contributed by atoms with Gasteiger partial charge in [0, 0.05) is 6.54 Å². The van der Waals surface area contributed by atoms with Crippen LogP contribution in [0.3, 0.4) is 0 Å². The Labute approximate surface area is 111 Å². The molecule has 0 saturated heterocycles. The summed E-state index contributed by atoms with van der Waals surface area (Å²) in [6, 6.07) is 0. The molecule has 2 N–H and O–H groups in total. The fraction of sp³-hybridized carbons (Fsp3) is 0.667. The molecule has 6 heteroatoms. The second-order valence-corrected chi connectivity index (χ2v) is 5.11. The normalized spacial score (nSPS) is 11.1.